The number of rotatable bonds is 9. The van der Waals surface area contributed by atoms with E-state index in [0.717, 1.165) is 45.1 Å². The topological polar surface area (TPSA) is 42.3 Å². The summed E-state index contributed by atoms with van der Waals surface area (Å²) in [6.45, 7) is 5.67. The van der Waals surface area contributed by atoms with Crippen LogP contribution in [-0.2, 0) is 18.3 Å². The van der Waals surface area contributed by atoms with E-state index in [2.05, 4.69) is 21.8 Å². The van der Waals surface area contributed by atoms with Crippen LogP contribution in [-0.4, -0.2) is 43.4 Å². The number of nitrogens with one attached hydrogen (secondary N) is 1. The molecule has 0 aromatic carbocycles. The van der Waals surface area contributed by atoms with Crippen molar-refractivity contribution in [2.75, 3.05) is 38.8 Å². The maximum atomic E-state index is 5.43. The maximum Gasteiger partial charge on any atom is 0.204 e. The second-order valence-corrected chi connectivity index (χ2v) is 4.65. The van der Waals surface area contributed by atoms with Crippen LogP contribution in [0.1, 0.15) is 25.5 Å². The summed E-state index contributed by atoms with van der Waals surface area (Å²) < 4.78 is 7.54. The summed E-state index contributed by atoms with van der Waals surface area (Å²) in [5.41, 5.74) is 1.20. The molecule has 1 rings (SSSR count). The SMILES string of the molecule is CCCOCCCNCc1cnc(N(C)C)n1C. The van der Waals surface area contributed by atoms with Crippen LogP contribution in [0.25, 0.3) is 0 Å². The number of ether oxygens (including phenoxy) is 1. The molecule has 0 saturated heterocycles. The highest BCUT2D eigenvalue weighted by Gasteiger charge is 2.06. The molecule has 0 spiro atoms. The van der Waals surface area contributed by atoms with Crippen molar-refractivity contribution in [3.8, 4) is 0 Å². The third kappa shape index (κ3) is 4.66. The summed E-state index contributed by atoms with van der Waals surface area (Å²) in [6, 6.07) is 0. The van der Waals surface area contributed by atoms with Gasteiger partial charge in [-0.3, -0.25) is 0 Å². The van der Waals surface area contributed by atoms with E-state index >= 15 is 0 Å². The van der Waals surface area contributed by atoms with Gasteiger partial charge in [0.25, 0.3) is 0 Å². The molecule has 0 aliphatic heterocycles. The summed E-state index contributed by atoms with van der Waals surface area (Å²) in [7, 11) is 6.05. The first-order valence-corrected chi connectivity index (χ1v) is 6.63. The summed E-state index contributed by atoms with van der Waals surface area (Å²) in [4.78, 5) is 6.39. The predicted octanol–water partition coefficient (Wildman–Crippen LogP) is 1.39. The van der Waals surface area contributed by atoms with Gasteiger partial charge in [0.1, 0.15) is 0 Å². The third-order valence-corrected chi connectivity index (χ3v) is 2.76. The molecule has 0 aliphatic carbocycles. The van der Waals surface area contributed by atoms with E-state index < -0.39 is 0 Å². The second-order valence-electron chi connectivity index (χ2n) is 4.65. The Balaban J connectivity index is 2.19. The van der Waals surface area contributed by atoms with Crippen molar-refractivity contribution < 1.29 is 4.74 Å². The lowest BCUT2D eigenvalue weighted by atomic mass is 10.4. The van der Waals surface area contributed by atoms with Gasteiger partial charge in [-0.05, 0) is 19.4 Å². The van der Waals surface area contributed by atoms with Crippen LogP contribution in [0.2, 0.25) is 0 Å². The molecule has 0 unspecified atom stereocenters. The molecule has 0 amide bonds. The number of anilines is 1. The zero-order valence-electron chi connectivity index (χ0n) is 12.1. The molecule has 0 atom stereocenters. The Bertz CT molecular complexity index is 336. The molecule has 104 valence electrons. The zero-order chi connectivity index (χ0) is 13.4. The number of hydrogen-bond donors (Lipinski definition) is 1. The highest BCUT2D eigenvalue weighted by Crippen LogP contribution is 2.10. The molecule has 1 aromatic heterocycles. The molecule has 5 nitrogen and oxygen atoms in total. The molecule has 1 aromatic rings. The van der Waals surface area contributed by atoms with Crippen molar-refractivity contribution in [2.24, 2.45) is 7.05 Å². The minimum absolute atomic E-state index is 0.842. The average Bonchev–Trinajstić information content (AvgIpc) is 2.70. The third-order valence-electron chi connectivity index (χ3n) is 2.76. The normalized spacial score (nSPS) is 10.9. The first kappa shape index (κ1) is 15.0. The van der Waals surface area contributed by atoms with Crippen molar-refractivity contribution in [1.82, 2.24) is 14.9 Å². The van der Waals surface area contributed by atoms with E-state index in [0.29, 0.717) is 0 Å². The Hall–Kier alpha value is -1.07. The fraction of sp³-hybridized carbons (Fsp3) is 0.769. The Morgan fingerprint density at radius 1 is 1.39 bits per heavy atom. The Labute approximate surface area is 110 Å². The summed E-state index contributed by atoms with van der Waals surface area (Å²) in [5, 5.41) is 3.41. The number of aromatic nitrogens is 2. The lowest BCUT2D eigenvalue weighted by molar-refractivity contribution is 0.132. The molecule has 0 fully saturated rings. The van der Waals surface area contributed by atoms with Gasteiger partial charge in [-0.2, -0.15) is 0 Å². The van der Waals surface area contributed by atoms with Gasteiger partial charge < -0.3 is 19.5 Å². The van der Waals surface area contributed by atoms with E-state index in [-0.39, 0.29) is 0 Å². The van der Waals surface area contributed by atoms with Crippen molar-refractivity contribution in [3.63, 3.8) is 0 Å². The Morgan fingerprint density at radius 3 is 2.78 bits per heavy atom. The first-order chi connectivity index (χ1) is 8.66. The van der Waals surface area contributed by atoms with Crippen LogP contribution < -0.4 is 10.2 Å². The van der Waals surface area contributed by atoms with Crippen LogP contribution in [0, 0.1) is 0 Å². The van der Waals surface area contributed by atoms with Crippen molar-refractivity contribution in [2.45, 2.75) is 26.3 Å². The molecule has 1 heterocycles. The van der Waals surface area contributed by atoms with Crippen LogP contribution in [0.5, 0.6) is 0 Å². The molecule has 1 N–H and O–H groups in total. The number of imidazole rings is 1. The van der Waals surface area contributed by atoms with E-state index in [1.165, 1.54) is 5.69 Å². The minimum atomic E-state index is 0.842. The predicted molar refractivity (Wildman–Crippen MR) is 75.0 cm³/mol. The summed E-state index contributed by atoms with van der Waals surface area (Å²) in [6.07, 6.45) is 4.07. The lowest BCUT2D eigenvalue weighted by Gasteiger charge is -2.12. The fourth-order valence-corrected chi connectivity index (χ4v) is 1.78. The highest BCUT2D eigenvalue weighted by molar-refractivity contribution is 5.30. The van der Waals surface area contributed by atoms with Gasteiger partial charge in [-0.15, -0.1) is 0 Å². The molecule has 0 bridgehead atoms. The van der Waals surface area contributed by atoms with Crippen LogP contribution >= 0.6 is 0 Å². The van der Waals surface area contributed by atoms with Gasteiger partial charge in [0, 0.05) is 40.9 Å². The second kappa shape index (κ2) is 8.11. The van der Waals surface area contributed by atoms with Crippen LogP contribution in [0.15, 0.2) is 6.20 Å². The number of nitrogens with zero attached hydrogens (tertiary/aromatic N) is 3. The molecular formula is C13H26N4O. The molecule has 0 aliphatic rings. The van der Waals surface area contributed by atoms with Gasteiger partial charge in [0.2, 0.25) is 5.95 Å². The van der Waals surface area contributed by atoms with Crippen molar-refractivity contribution >= 4 is 5.95 Å². The van der Waals surface area contributed by atoms with Crippen molar-refractivity contribution in [3.05, 3.63) is 11.9 Å². The maximum absolute atomic E-state index is 5.43. The molecule has 0 radical (unpaired) electrons. The first-order valence-electron chi connectivity index (χ1n) is 6.63. The minimum Gasteiger partial charge on any atom is -0.381 e. The molecule has 0 saturated carbocycles. The largest absolute Gasteiger partial charge is 0.381 e. The standard InChI is InChI=1S/C13H26N4O/c1-5-8-18-9-6-7-14-10-12-11-15-13(16(2)3)17(12)4/h11,14H,5-10H2,1-4H3. The van der Waals surface area contributed by atoms with E-state index in [1.54, 1.807) is 0 Å². The van der Waals surface area contributed by atoms with Gasteiger partial charge in [-0.1, -0.05) is 6.92 Å². The monoisotopic (exact) mass is 254 g/mol. The van der Waals surface area contributed by atoms with E-state index in [4.69, 9.17) is 4.74 Å². The summed E-state index contributed by atoms with van der Waals surface area (Å²) >= 11 is 0. The fourth-order valence-electron chi connectivity index (χ4n) is 1.78. The van der Waals surface area contributed by atoms with Gasteiger partial charge in [0.05, 0.1) is 11.9 Å². The van der Waals surface area contributed by atoms with Gasteiger partial charge in [0.15, 0.2) is 0 Å². The average molecular weight is 254 g/mol. The molecular weight excluding hydrogens is 228 g/mol. The zero-order valence-corrected chi connectivity index (χ0v) is 12.1. The Kier molecular flexibility index (Phi) is 6.75. The van der Waals surface area contributed by atoms with E-state index in [9.17, 15) is 0 Å². The lowest BCUT2D eigenvalue weighted by Crippen LogP contribution is -2.19. The quantitative estimate of drug-likeness (QED) is 0.676. The van der Waals surface area contributed by atoms with Crippen LogP contribution in [0.3, 0.4) is 0 Å². The smallest absolute Gasteiger partial charge is 0.204 e. The van der Waals surface area contributed by atoms with Crippen LogP contribution in [0.4, 0.5) is 5.95 Å². The van der Waals surface area contributed by atoms with Crippen molar-refractivity contribution in [1.29, 1.82) is 0 Å². The van der Waals surface area contributed by atoms with Gasteiger partial charge >= 0.3 is 0 Å². The van der Waals surface area contributed by atoms with Gasteiger partial charge in [-0.25, -0.2) is 4.98 Å². The van der Waals surface area contributed by atoms with E-state index in [1.807, 2.05) is 32.2 Å². The molecule has 5 heteroatoms. The Morgan fingerprint density at radius 2 is 2.17 bits per heavy atom. The summed E-state index contributed by atoms with van der Waals surface area (Å²) in [5.74, 6) is 0.984. The highest BCUT2D eigenvalue weighted by atomic mass is 16.5. The number of hydrogen-bond acceptors (Lipinski definition) is 4. The molecule has 18 heavy (non-hydrogen) atoms.